The van der Waals surface area contributed by atoms with E-state index >= 15 is 0 Å². The van der Waals surface area contributed by atoms with Crippen molar-refractivity contribution in [3.05, 3.63) is 34.9 Å². The molecule has 1 aromatic rings. The van der Waals surface area contributed by atoms with Gasteiger partial charge in [-0.2, -0.15) is 0 Å². The molecule has 0 radical (unpaired) electrons. The third kappa shape index (κ3) is 4.59. The normalized spacial score (nSPS) is 24.2. The summed E-state index contributed by atoms with van der Waals surface area (Å²) in [4.78, 5) is 14.3. The second-order valence-corrected chi connectivity index (χ2v) is 6.63. The van der Waals surface area contributed by atoms with Gasteiger partial charge in [0.05, 0.1) is 12.7 Å². The molecule has 2 unspecified atom stereocenters. The lowest BCUT2D eigenvalue weighted by Crippen LogP contribution is -2.51. The van der Waals surface area contributed by atoms with Crippen molar-refractivity contribution in [1.29, 1.82) is 0 Å². The molecule has 126 valence electrons. The van der Waals surface area contributed by atoms with Gasteiger partial charge in [-0.25, -0.2) is 4.79 Å². The summed E-state index contributed by atoms with van der Waals surface area (Å²) in [5, 5.41) is 6.51. The van der Waals surface area contributed by atoms with Gasteiger partial charge in [-0.1, -0.05) is 29.8 Å². The minimum atomic E-state index is -0.149. The molecule has 0 aromatic heterocycles. The molecule has 3 rings (SSSR count). The van der Waals surface area contributed by atoms with Crippen molar-refractivity contribution in [3.63, 3.8) is 0 Å². The van der Waals surface area contributed by atoms with Crippen molar-refractivity contribution in [2.75, 3.05) is 32.8 Å². The maximum atomic E-state index is 11.9. The molecule has 2 aliphatic heterocycles. The maximum Gasteiger partial charge on any atom is 0.314 e. The van der Waals surface area contributed by atoms with Crippen LogP contribution < -0.4 is 10.6 Å². The third-order valence-corrected chi connectivity index (χ3v) is 4.96. The first-order valence-electron chi connectivity index (χ1n) is 8.33. The van der Waals surface area contributed by atoms with Crippen LogP contribution >= 0.6 is 11.6 Å². The number of morpholine rings is 1. The van der Waals surface area contributed by atoms with Crippen LogP contribution in [0.2, 0.25) is 5.02 Å². The van der Waals surface area contributed by atoms with Crippen LogP contribution in [-0.2, 0) is 11.2 Å². The summed E-state index contributed by atoms with van der Waals surface area (Å²) in [5.41, 5.74) is 1.05. The molecule has 2 atom stereocenters. The summed E-state index contributed by atoms with van der Waals surface area (Å²) >= 11 is 6.10. The fourth-order valence-electron chi connectivity index (χ4n) is 3.29. The van der Waals surface area contributed by atoms with E-state index in [0.717, 1.165) is 36.7 Å². The van der Waals surface area contributed by atoms with Gasteiger partial charge in [0, 0.05) is 30.7 Å². The topological polar surface area (TPSA) is 53.6 Å². The van der Waals surface area contributed by atoms with Crippen LogP contribution in [0.3, 0.4) is 0 Å². The second-order valence-electron chi connectivity index (χ2n) is 6.22. The molecule has 6 heteroatoms. The van der Waals surface area contributed by atoms with Crippen LogP contribution in [0.1, 0.15) is 18.4 Å². The molecule has 2 N–H and O–H groups in total. The number of hydrogen-bond acceptors (Lipinski definition) is 3. The Morgan fingerprint density at radius 1 is 1.35 bits per heavy atom. The summed E-state index contributed by atoms with van der Waals surface area (Å²) in [7, 11) is 0. The average molecular weight is 338 g/mol. The van der Waals surface area contributed by atoms with Gasteiger partial charge in [-0.05, 0) is 37.4 Å². The highest BCUT2D eigenvalue weighted by Crippen LogP contribution is 2.22. The minimum Gasteiger partial charge on any atom is -0.373 e. The molecule has 2 saturated heterocycles. The highest BCUT2D eigenvalue weighted by atomic mass is 35.5. The molecule has 2 aliphatic rings. The predicted octanol–water partition coefficient (Wildman–Crippen LogP) is 2.04. The zero-order valence-corrected chi connectivity index (χ0v) is 14.0. The van der Waals surface area contributed by atoms with Crippen molar-refractivity contribution in [2.24, 2.45) is 0 Å². The summed E-state index contributed by atoms with van der Waals surface area (Å²) in [6.45, 7) is 4.00. The van der Waals surface area contributed by atoms with E-state index in [9.17, 15) is 4.79 Å². The van der Waals surface area contributed by atoms with E-state index in [1.165, 1.54) is 12.8 Å². The Hall–Kier alpha value is -1.30. The van der Waals surface area contributed by atoms with Gasteiger partial charge in [0.1, 0.15) is 0 Å². The summed E-state index contributed by atoms with van der Waals surface area (Å²) in [6.07, 6.45) is 3.32. The molecule has 0 spiro atoms. The number of carbonyl (C=O) groups excluding carboxylic acids is 1. The van der Waals surface area contributed by atoms with Crippen molar-refractivity contribution >= 4 is 17.6 Å². The molecule has 2 fully saturated rings. The number of ether oxygens (including phenoxy) is 1. The van der Waals surface area contributed by atoms with E-state index in [0.29, 0.717) is 19.1 Å². The smallest absolute Gasteiger partial charge is 0.314 e. The van der Waals surface area contributed by atoms with Crippen LogP contribution in [0.25, 0.3) is 0 Å². The molecular weight excluding hydrogens is 314 g/mol. The lowest BCUT2D eigenvalue weighted by atomic mass is 10.1. The molecule has 2 heterocycles. The fraction of sp³-hybridized carbons (Fsp3) is 0.588. The quantitative estimate of drug-likeness (QED) is 0.864. The van der Waals surface area contributed by atoms with Crippen LogP contribution in [0.15, 0.2) is 24.3 Å². The van der Waals surface area contributed by atoms with Gasteiger partial charge in [-0.15, -0.1) is 0 Å². The molecule has 0 bridgehead atoms. The molecule has 23 heavy (non-hydrogen) atoms. The number of halogens is 1. The second kappa shape index (κ2) is 7.99. The number of carbonyl (C=O) groups is 1. The molecule has 2 amide bonds. The molecular formula is C17H24ClN3O2. The first-order valence-corrected chi connectivity index (χ1v) is 8.71. The Balaban J connectivity index is 1.33. The Kier molecular flexibility index (Phi) is 5.75. The zero-order valence-electron chi connectivity index (χ0n) is 13.3. The van der Waals surface area contributed by atoms with Gasteiger partial charge in [0.2, 0.25) is 0 Å². The zero-order chi connectivity index (χ0) is 16.1. The Bertz CT molecular complexity index is 540. The fourth-order valence-corrected chi connectivity index (χ4v) is 3.52. The van der Waals surface area contributed by atoms with Gasteiger partial charge >= 0.3 is 6.03 Å². The average Bonchev–Trinajstić information content (AvgIpc) is 3.02. The number of nitrogens with one attached hydrogen (secondary N) is 2. The molecule has 0 aliphatic carbocycles. The summed E-state index contributed by atoms with van der Waals surface area (Å²) in [6, 6.07) is 8.14. The Morgan fingerprint density at radius 2 is 2.22 bits per heavy atom. The van der Waals surface area contributed by atoms with Crippen LogP contribution in [0, 0.1) is 0 Å². The van der Waals surface area contributed by atoms with Crippen LogP contribution in [0.5, 0.6) is 0 Å². The number of fused-ring (bicyclic) bond motifs is 1. The van der Waals surface area contributed by atoms with Gasteiger partial charge in [0.15, 0.2) is 0 Å². The number of amides is 2. The van der Waals surface area contributed by atoms with E-state index in [-0.39, 0.29) is 12.1 Å². The third-order valence-electron chi connectivity index (χ3n) is 4.59. The SMILES string of the molecule is O=C(NCCc1ccccc1Cl)NCC1CN2CCCC2CO1. The Morgan fingerprint density at radius 3 is 3.09 bits per heavy atom. The van der Waals surface area contributed by atoms with Gasteiger partial charge in [-0.3, -0.25) is 4.90 Å². The number of urea groups is 1. The van der Waals surface area contributed by atoms with Crippen molar-refractivity contribution in [2.45, 2.75) is 31.4 Å². The minimum absolute atomic E-state index is 0.0960. The first kappa shape index (κ1) is 16.6. The van der Waals surface area contributed by atoms with Gasteiger partial charge in [0.25, 0.3) is 0 Å². The van der Waals surface area contributed by atoms with Crippen LogP contribution in [0.4, 0.5) is 4.79 Å². The predicted molar refractivity (Wildman–Crippen MR) is 90.9 cm³/mol. The number of nitrogens with zero attached hydrogens (tertiary/aromatic N) is 1. The monoisotopic (exact) mass is 337 g/mol. The first-order chi connectivity index (χ1) is 11.2. The van der Waals surface area contributed by atoms with E-state index in [4.69, 9.17) is 16.3 Å². The van der Waals surface area contributed by atoms with Crippen molar-refractivity contribution in [1.82, 2.24) is 15.5 Å². The number of hydrogen-bond donors (Lipinski definition) is 2. The number of rotatable bonds is 5. The summed E-state index contributed by atoms with van der Waals surface area (Å²) in [5.74, 6) is 0. The summed E-state index contributed by atoms with van der Waals surface area (Å²) < 4.78 is 5.83. The Labute approximate surface area is 142 Å². The van der Waals surface area contributed by atoms with Gasteiger partial charge < -0.3 is 15.4 Å². The highest BCUT2D eigenvalue weighted by molar-refractivity contribution is 6.31. The van der Waals surface area contributed by atoms with E-state index in [2.05, 4.69) is 15.5 Å². The molecule has 0 saturated carbocycles. The maximum absolute atomic E-state index is 11.9. The van der Waals surface area contributed by atoms with E-state index in [1.54, 1.807) is 0 Å². The van der Waals surface area contributed by atoms with Crippen molar-refractivity contribution in [3.8, 4) is 0 Å². The van der Waals surface area contributed by atoms with E-state index < -0.39 is 0 Å². The molecule has 5 nitrogen and oxygen atoms in total. The molecule has 1 aromatic carbocycles. The van der Waals surface area contributed by atoms with E-state index in [1.807, 2.05) is 24.3 Å². The lowest BCUT2D eigenvalue weighted by Gasteiger charge is -2.35. The van der Waals surface area contributed by atoms with Crippen LogP contribution in [-0.4, -0.2) is 55.9 Å². The standard InChI is InChI=1S/C17H24ClN3O2/c18-16-6-2-1-4-13(16)7-8-19-17(22)20-10-15-11-21-9-3-5-14(21)12-23-15/h1-2,4,6,14-15H,3,5,7-12H2,(H2,19,20,22). The lowest BCUT2D eigenvalue weighted by molar-refractivity contribution is -0.0457. The largest absolute Gasteiger partial charge is 0.373 e. The highest BCUT2D eigenvalue weighted by Gasteiger charge is 2.32. The van der Waals surface area contributed by atoms with Crippen molar-refractivity contribution < 1.29 is 9.53 Å². The number of benzene rings is 1.